The molecule has 112 valence electrons. The zero-order chi connectivity index (χ0) is 15.4. The highest BCUT2D eigenvalue weighted by atomic mass is 32.2. The van der Waals surface area contributed by atoms with E-state index in [0.717, 1.165) is 5.56 Å². The predicted octanol–water partition coefficient (Wildman–Crippen LogP) is 0.959. The van der Waals surface area contributed by atoms with Gasteiger partial charge in [0.2, 0.25) is 0 Å². The summed E-state index contributed by atoms with van der Waals surface area (Å²) in [4.78, 5) is 11.4. The average Bonchev–Trinajstić information content (AvgIpc) is 2.37. The zero-order valence-corrected chi connectivity index (χ0v) is 13.2. The second-order valence-corrected chi connectivity index (χ2v) is 8.06. The van der Waals surface area contributed by atoms with Gasteiger partial charge in [0.1, 0.15) is 0 Å². The Kier molecular flexibility index (Phi) is 5.30. The first-order valence-corrected chi connectivity index (χ1v) is 8.28. The van der Waals surface area contributed by atoms with Crippen molar-refractivity contribution < 1.29 is 13.2 Å². The fraction of sp³-hybridized carbons (Fsp3) is 0.500. The van der Waals surface area contributed by atoms with E-state index in [1.807, 2.05) is 12.1 Å². The molecule has 2 N–H and O–H groups in total. The molecule has 0 aromatic heterocycles. The fourth-order valence-corrected chi connectivity index (χ4v) is 1.92. The van der Waals surface area contributed by atoms with E-state index in [1.54, 1.807) is 33.0 Å². The number of benzene rings is 1. The molecule has 0 fully saturated rings. The predicted molar refractivity (Wildman–Crippen MR) is 80.5 cm³/mol. The summed E-state index contributed by atoms with van der Waals surface area (Å²) in [6.45, 7) is 4.34. The van der Waals surface area contributed by atoms with Gasteiger partial charge in [-0.05, 0) is 31.5 Å². The third-order valence-corrected chi connectivity index (χ3v) is 5.48. The summed E-state index contributed by atoms with van der Waals surface area (Å²) in [7, 11) is -1.51. The fourth-order valence-electron chi connectivity index (χ4n) is 1.56. The molecular weight excluding hydrogens is 276 g/mol. The van der Waals surface area contributed by atoms with E-state index >= 15 is 0 Å². The minimum Gasteiger partial charge on any atom is -0.355 e. The van der Waals surface area contributed by atoms with E-state index in [-0.39, 0.29) is 5.91 Å². The summed E-state index contributed by atoms with van der Waals surface area (Å²) in [6, 6.07) is 7.20. The molecule has 0 radical (unpaired) electrons. The minimum atomic E-state index is -3.09. The van der Waals surface area contributed by atoms with Gasteiger partial charge in [-0.3, -0.25) is 4.79 Å². The van der Waals surface area contributed by atoms with Gasteiger partial charge in [-0.15, -0.1) is 0 Å². The summed E-state index contributed by atoms with van der Waals surface area (Å²) >= 11 is 0. The Morgan fingerprint density at radius 2 is 1.75 bits per heavy atom. The number of hydrogen-bond acceptors (Lipinski definition) is 4. The van der Waals surface area contributed by atoms with Crippen molar-refractivity contribution in [1.82, 2.24) is 10.6 Å². The minimum absolute atomic E-state index is 0.122. The largest absolute Gasteiger partial charge is 0.355 e. The maximum Gasteiger partial charge on any atom is 0.251 e. The Labute approximate surface area is 120 Å². The number of amides is 1. The van der Waals surface area contributed by atoms with Gasteiger partial charge in [0, 0.05) is 32.0 Å². The molecule has 0 aliphatic rings. The van der Waals surface area contributed by atoms with Crippen LogP contribution in [0.25, 0.3) is 0 Å². The summed E-state index contributed by atoms with van der Waals surface area (Å²) in [5, 5.41) is 5.69. The van der Waals surface area contributed by atoms with Crippen molar-refractivity contribution in [2.24, 2.45) is 0 Å². The highest BCUT2D eigenvalue weighted by molar-refractivity contribution is 7.92. The van der Waals surface area contributed by atoms with Gasteiger partial charge in [-0.2, -0.15) is 0 Å². The summed E-state index contributed by atoms with van der Waals surface area (Å²) in [5.41, 5.74) is 1.61. The maximum atomic E-state index is 11.6. The highest BCUT2D eigenvalue weighted by Gasteiger charge is 2.29. The molecule has 1 aromatic carbocycles. The Morgan fingerprint density at radius 3 is 2.20 bits per heavy atom. The van der Waals surface area contributed by atoms with Crippen LogP contribution >= 0.6 is 0 Å². The molecule has 1 rings (SSSR count). The molecule has 0 spiro atoms. The van der Waals surface area contributed by atoms with Crippen molar-refractivity contribution in [2.75, 3.05) is 19.8 Å². The molecule has 0 aliphatic heterocycles. The third kappa shape index (κ3) is 4.31. The van der Waals surface area contributed by atoms with Gasteiger partial charge in [0.15, 0.2) is 9.84 Å². The second kappa shape index (κ2) is 6.37. The molecule has 0 saturated heterocycles. The lowest BCUT2D eigenvalue weighted by atomic mass is 10.1. The molecule has 0 aliphatic carbocycles. The lowest BCUT2D eigenvalue weighted by Gasteiger charge is -2.22. The van der Waals surface area contributed by atoms with Crippen molar-refractivity contribution in [1.29, 1.82) is 0 Å². The van der Waals surface area contributed by atoms with Crippen molar-refractivity contribution in [3.8, 4) is 0 Å². The van der Waals surface area contributed by atoms with Gasteiger partial charge in [0.25, 0.3) is 5.91 Å². The second-order valence-electron chi connectivity index (χ2n) is 5.41. The van der Waals surface area contributed by atoms with Crippen molar-refractivity contribution in [3.63, 3.8) is 0 Å². The van der Waals surface area contributed by atoms with Crippen LogP contribution in [0.2, 0.25) is 0 Å². The molecule has 1 aromatic rings. The van der Waals surface area contributed by atoms with Crippen LogP contribution in [0, 0.1) is 0 Å². The third-order valence-electron chi connectivity index (χ3n) is 3.33. The van der Waals surface area contributed by atoms with E-state index < -0.39 is 14.6 Å². The van der Waals surface area contributed by atoms with Gasteiger partial charge >= 0.3 is 0 Å². The quantitative estimate of drug-likeness (QED) is 0.820. The van der Waals surface area contributed by atoms with Crippen LogP contribution in [0.15, 0.2) is 24.3 Å². The Balaban J connectivity index is 2.57. The van der Waals surface area contributed by atoms with Crippen LogP contribution in [-0.4, -0.2) is 38.9 Å². The normalized spacial score (nSPS) is 12.2. The van der Waals surface area contributed by atoms with Crippen LogP contribution in [0.1, 0.15) is 29.8 Å². The summed E-state index contributed by atoms with van der Waals surface area (Å²) in [5.74, 6) is -0.122. The molecule has 0 heterocycles. The number of rotatable bonds is 6. The Bertz CT molecular complexity index is 563. The van der Waals surface area contributed by atoms with Gasteiger partial charge in [-0.1, -0.05) is 12.1 Å². The molecule has 0 unspecified atom stereocenters. The molecule has 1 amide bonds. The lowest BCUT2D eigenvalue weighted by molar-refractivity contribution is 0.0963. The molecule has 20 heavy (non-hydrogen) atoms. The van der Waals surface area contributed by atoms with E-state index in [9.17, 15) is 13.2 Å². The number of carbonyl (C=O) groups is 1. The standard InChI is InChI=1S/C14H22N2O3S/c1-14(2,20(4,18)19)10-16-9-11-5-7-12(8-6-11)13(17)15-3/h5-8,16H,9-10H2,1-4H3,(H,15,17). The molecule has 5 nitrogen and oxygen atoms in total. The molecule has 0 bridgehead atoms. The van der Waals surface area contributed by atoms with Gasteiger partial charge < -0.3 is 10.6 Å². The topological polar surface area (TPSA) is 75.3 Å². The molecule has 0 atom stereocenters. The Morgan fingerprint density at radius 1 is 1.20 bits per heavy atom. The first kappa shape index (κ1) is 16.7. The van der Waals surface area contributed by atoms with Crippen LogP contribution in [0.3, 0.4) is 0 Å². The van der Waals surface area contributed by atoms with Crippen molar-refractivity contribution >= 4 is 15.7 Å². The summed E-state index contributed by atoms with van der Waals surface area (Å²) < 4.78 is 22.3. The first-order chi connectivity index (χ1) is 9.17. The van der Waals surface area contributed by atoms with Crippen LogP contribution < -0.4 is 10.6 Å². The summed E-state index contributed by atoms with van der Waals surface area (Å²) in [6.07, 6.45) is 1.24. The number of carbonyl (C=O) groups excluding carboxylic acids is 1. The Hall–Kier alpha value is -1.40. The monoisotopic (exact) mass is 298 g/mol. The van der Waals surface area contributed by atoms with E-state index in [4.69, 9.17) is 0 Å². The van der Waals surface area contributed by atoms with E-state index in [1.165, 1.54) is 6.26 Å². The van der Waals surface area contributed by atoms with Crippen LogP contribution in [-0.2, 0) is 16.4 Å². The van der Waals surface area contributed by atoms with Gasteiger partial charge in [0.05, 0.1) is 4.75 Å². The van der Waals surface area contributed by atoms with Crippen LogP contribution in [0.4, 0.5) is 0 Å². The number of sulfone groups is 1. The SMILES string of the molecule is CNC(=O)c1ccc(CNCC(C)(C)S(C)(=O)=O)cc1. The number of hydrogen-bond donors (Lipinski definition) is 2. The van der Waals surface area contributed by atoms with E-state index in [2.05, 4.69) is 10.6 Å². The highest BCUT2D eigenvalue weighted by Crippen LogP contribution is 2.13. The van der Waals surface area contributed by atoms with Gasteiger partial charge in [-0.25, -0.2) is 8.42 Å². The van der Waals surface area contributed by atoms with Crippen LogP contribution in [0.5, 0.6) is 0 Å². The maximum absolute atomic E-state index is 11.6. The first-order valence-electron chi connectivity index (χ1n) is 6.39. The van der Waals surface area contributed by atoms with E-state index in [0.29, 0.717) is 18.7 Å². The van der Waals surface area contributed by atoms with Crippen molar-refractivity contribution in [3.05, 3.63) is 35.4 Å². The molecule has 6 heteroatoms. The molecular formula is C14H22N2O3S. The number of nitrogens with one attached hydrogen (secondary N) is 2. The average molecular weight is 298 g/mol. The molecule has 0 saturated carbocycles. The van der Waals surface area contributed by atoms with Crippen molar-refractivity contribution in [2.45, 2.75) is 25.1 Å². The smallest absolute Gasteiger partial charge is 0.251 e. The zero-order valence-electron chi connectivity index (χ0n) is 12.4. The lowest BCUT2D eigenvalue weighted by Crippen LogP contribution is -2.41.